The van der Waals surface area contributed by atoms with E-state index in [4.69, 9.17) is 9.47 Å². The first-order chi connectivity index (χ1) is 13.9. The Morgan fingerprint density at radius 1 is 1.14 bits per heavy atom. The Morgan fingerprint density at radius 3 is 2.52 bits per heavy atom. The third kappa shape index (κ3) is 4.97. The van der Waals surface area contributed by atoms with Crippen LogP contribution in [0.2, 0.25) is 0 Å². The van der Waals surface area contributed by atoms with E-state index >= 15 is 0 Å². The number of benzene rings is 2. The molecular weight excluding hydrogens is 395 g/mol. The predicted molar refractivity (Wildman–Crippen MR) is 109 cm³/mol. The van der Waals surface area contributed by atoms with Crippen LogP contribution in [0.5, 0.6) is 5.75 Å². The maximum atomic E-state index is 13.5. The second-order valence-electron chi connectivity index (χ2n) is 6.25. The molecule has 1 N–H and O–H groups in total. The van der Waals surface area contributed by atoms with Crippen LogP contribution in [-0.2, 0) is 9.53 Å². The Bertz CT molecular complexity index is 1050. The van der Waals surface area contributed by atoms with Gasteiger partial charge in [-0.3, -0.25) is 4.79 Å². The van der Waals surface area contributed by atoms with Gasteiger partial charge in [-0.1, -0.05) is 6.07 Å². The molecule has 0 saturated carbocycles. The van der Waals surface area contributed by atoms with E-state index < -0.39 is 24.3 Å². The van der Waals surface area contributed by atoms with Gasteiger partial charge in [-0.05, 0) is 55.8 Å². The number of carbonyl (C=O) groups is 2. The lowest BCUT2D eigenvalue weighted by molar-refractivity contribution is -0.119. The summed E-state index contributed by atoms with van der Waals surface area (Å²) < 4.78 is 23.8. The van der Waals surface area contributed by atoms with Crippen molar-refractivity contribution in [1.29, 1.82) is 0 Å². The topological polar surface area (TPSA) is 77.5 Å². The maximum absolute atomic E-state index is 13.5. The van der Waals surface area contributed by atoms with Crippen LogP contribution in [-0.4, -0.2) is 30.6 Å². The highest BCUT2D eigenvalue weighted by atomic mass is 32.1. The molecule has 150 valence electrons. The molecule has 1 heterocycles. The normalized spacial score (nSPS) is 10.5. The minimum atomic E-state index is -0.634. The summed E-state index contributed by atoms with van der Waals surface area (Å²) in [4.78, 5) is 29.1. The molecule has 0 fully saturated rings. The van der Waals surface area contributed by atoms with E-state index in [0.717, 1.165) is 11.3 Å². The molecule has 1 amide bonds. The third-order valence-corrected chi connectivity index (χ3v) is 5.30. The number of aryl methyl sites for hydroxylation is 2. The fraction of sp³-hybridized carbons (Fsp3) is 0.190. The van der Waals surface area contributed by atoms with Gasteiger partial charge in [0.05, 0.1) is 12.8 Å². The van der Waals surface area contributed by atoms with Crippen molar-refractivity contribution in [2.45, 2.75) is 13.8 Å². The van der Waals surface area contributed by atoms with E-state index in [1.54, 1.807) is 33.1 Å². The number of hydrogen-bond donors (Lipinski definition) is 1. The standard InChI is InChI=1S/C21H19FN2O4S/c1-12-4-7-15(10-17(12)22)24-18(25)11-28-21(26)19-13(2)23-20(29-19)14-5-8-16(27-3)9-6-14/h4-10H,11H2,1-3H3,(H,24,25). The number of amides is 1. The number of ether oxygens (including phenoxy) is 2. The van der Waals surface area contributed by atoms with Gasteiger partial charge in [0.2, 0.25) is 0 Å². The summed E-state index contributed by atoms with van der Waals surface area (Å²) in [6.07, 6.45) is 0. The monoisotopic (exact) mass is 414 g/mol. The number of halogens is 1. The molecule has 0 atom stereocenters. The van der Waals surface area contributed by atoms with Gasteiger partial charge >= 0.3 is 5.97 Å². The van der Waals surface area contributed by atoms with Crippen LogP contribution in [0.25, 0.3) is 10.6 Å². The van der Waals surface area contributed by atoms with Gasteiger partial charge < -0.3 is 14.8 Å². The van der Waals surface area contributed by atoms with Crippen molar-refractivity contribution in [3.05, 3.63) is 64.4 Å². The van der Waals surface area contributed by atoms with Crippen molar-refractivity contribution >= 4 is 28.9 Å². The van der Waals surface area contributed by atoms with Crippen LogP contribution < -0.4 is 10.1 Å². The molecular formula is C21H19FN2O4S. The summed E-state index contributed by atoms with van der Waals surface area (Å²) in [5, 5.41) is 3.16. The molecule has 3 rings (SSSR count). The van der Waals surface area contributed by atoms with Gasteiger partial charge in [0.1, 0.15) is 21.5 Å². The molecule has 29 heavy (non-hydrogen) atoms. The number of hydrogen-bond acceptors (Lipinski definition) is 6. The number of nitrogens with zero attached hydrogens (tertiary/aromatic N) is 1. The van der Waals surface area contributed by atoms with Gasteiger partial charge in [0.15, 0.2) is 6.61 Å². The number of thiazole rings is 1. The van der Waals surface area contributed by atoms with Crippen molar-refractivity contribution in [2.75, 3.05) is 19.0 Å². The molecule has 0 aliphatic rings. The molecule has 0 spiro atoms. The quantitative estimate of drug-likeness (QED) is 0.606. The molecule has 3 aromatic rings. The highest BCUT2D eigenvalue weighted by Crippen LogP contribution is 2.29. The summed E-state index contributed by atoms with van der Waals surface area (Å²) in [5.74, 6) is -0.892. The first-order valence-electron chi connectivity index (χ1n) is 8.72. The average Bonchev–Trinajstić information content (AvgIpc) is 3.11. The van der Waals surface area contributed by atoms with Crippen LogP contribution in [0.3, 0.4) is 0 Å². The summed E-state index contributed by atoms with van der Waals surface area (Å²) in [7, 11) is 1.59. The largest absolute Gasteiger partial charge is 0.497 e. The van der Waals surface area contributed by atoms with E-state index in [0.29, 0.717) is 26.8 Å². The van der Waals surface area contributed by atoms with Gasteiger partial charge in [0.25, 0.3) is 5.91 Å². The Kier molecular flexibility index (Phi) is 6.23. The lowest BCUT2D eigenvalue weighted by Gasteiger charge is -2.07. The fourth-order valence-corrected chi connectivity index (χ4v) is 3.47. The zero-order valence-corrected chi connectivity index (χ0v) is 16.9. The number of rotatable bonds is 6. The molecule has 8 heteroatoms. The minimum Gasteiger partial charge on any atom is -0.497 e. The average molecular weight is 414 g/mol. The zero-order valence-electron chi connectivity index (χ0n) is 16.1. The van der Waals surface area contributed by atoms with Gasteiger partial charge in [-0.15, -0.1) is 11.3 Å². The van der Waals surface area contributed by atoms with Crippen LogP contribution in [0.15, 0.2) is 42.5 Å². The molecule has 0 saturated heterocycles. The highest BCUT2D eigenvalue weighted by Gasteiger charge is 2.19. The Morgan fingerprint density at radius 2 is 1.86 bits per heavy atom. The zero-order chi connectivity index (χ0) is 21.0. The molecule has 2 aromatic carbocycles. The maximum Gasteiger partial charge on any atom is 0.350 e. The van der Waals surface area contributed by atoms with E-state index in [9.17, 15) is 14.0 Å². The fourth-order valence-electron chi connectivity index (χ4n) is 2.51. The lowest BCUT2D eigenvalue weighted by atomic mass is 10.2. The second-order valence-corrected chi connectivity index (χ2v) is 7.25. The summed E-state index contributed by atoms with van der Waals surface area (Å²) in [6.45, 7) is 2.85. The smallest absolute Gasteiger partial charge is 0.350 e. The number of carbonyl (C=O) groups excluding carboxylic acids is 2. The summed E-state index contributed by atoms with van der Waals surface area (Å²) in [6, 6.07) is 11.7. The Hall–Kier alpha value is -3.26. The number of nitrogens with one attached hydrogen (secondary N) is 1. The second kappa shape index (κ2) is 8.83. The van der Waals surface area contributed by atoms with Crippen molar-refractivity contribution in [1.82, 2.24) is 4.98 Å². The summed E-state index contributed by atoms with van der Waals surface area (Å²) >= 11 is 1.19. The number of methoxy groups -OCH3 is 1. The molecule has 0 unspecified atom stereocenters. The van der Waals surface area contributed by atoms with Crippen molar-refractivity contribution in [2.24, 2.45) is 0 Å². The van der Waals surface area contributed by atoms with Crippen LogP contribution >= 0.6 is 11.3 Å². The van der Waals surface area contributed by atoms with Crippen LogP contribution in [0, 0.1) is 19.7 Å². The minimum absolute atomic E-state index is 0.296. The first-order valence-corrected chi connectivity index (χ1v) is 9.54. The molecule has 0 aliphatic carbocycles. The van der Waals surface area contributed by atoms with Gasteiger partial charge in [-0.25, -0.2) is 14.2 Å². The van der Waals surface area contributed by atoms with E-state index in [1.807, 2.05) is 24.3 Å². The van der Waals surface area contributed by atoms with E-state index in [2.05, 4.69) is 10.3 Å². The van der Waals surface area contributed by atoms with Gasteiger partial charge in [0, 0.05) is 11.3 Å². The molecule has 1 aromatic heterocycles. The van der Waals surface area contributed by atoms with Crippen LogP contribution in [0.4, 0.5) is 10.1 Å². The predicted octanol–water partition coefficient (Wildman–Crippen LogP) is 4.37. The first kappa shape index (κ1) is 20.5. The Balaban J connectivity index is 1.62. The SMILES string of the molecule is COc1ccc(-c2nc(C)c(C(=O)OCC(=O)Nc3ccc(C)c(F)c3)s2)cc1. The van der Waals surface area contributed by atoms with Crippen molar-refractivity contribution in [3.63, 3.8) is 0 Å². The molecule has 0 aliphatic heterocycles. The molecule has 0 bridgehead atoms. The highest BCUT2D eigenvalue weighted by molar-refractivity contribution is 7.17. The number of aromatic nitrogens is 1. The Labute approximate surface area is 171 Å². The molecule has 6 nitrogen and oxygen atoms in total. The number of anilines is 1. The lowest BCUT2D eigenvalue weighted by Crippen LogP contribution is -2.21. The van der Waals surface area contributed by atoms with Crippen molar-refractivity contribution < 1.29 is 23.5 Å². The van der Waals surface area contributed by atoms with E-state index in [-0.39, 0.29) is 0 Å². The van der Waals surface area contributed by atoms with E-state index in [1.165, 1.54) is 17.4 Å². The summed E-state index contributed by atoms with van der Waals surface area (Å²) in [5.41, 5.74) is 2.14. The van der Waals surface area contributed by atoms with Crippen LogP contribution in [0.1, 0.15) is 20.9 Å². The molecule has 0 radical (unpaired) electrons. The van der Waals surface area contributed by atoms with Crippen molar-refractivity contribution in [3.8, 4) is 16.3 Å². The van der Waals surface area contributed by atoms with Gasteiger partial charge in [-0.2, -0.15) is 0 Å². The third-order valence-electron chi connectivity index (χ3n) is 4.11. The number of esters is 1.